The molecule has 106 valence electrons. The van der Waals surface area contributed by atoms with Gasteiger partial charge >= 0.3 is 5.97 Å². The van der Waals surface area contributed by atoms with Crippen molar-refractivity contribution in [3.05, 3.63) is 10.6 Å². The summed E-state index contributed by atoms with van der Waals surface area (Å²) in [4.78, 5) is 23.6. The van der Waals surface area contributed by atoms with E-state index in [0.29, 0.717) is 10.6 Å². The van der Waals surface area contributed by atoms with Crippen LogP contribution < -0.4 is 5.32 Å². The number of aromatic nitrogens is 2. The SMILES string of the molecule is CC(C)C(NC(=O)c1snnc1C(C)(C)C)C(=O)O. The molecule has 1 heterocycles. The van der Waals surface area contributed by atoms with E-state index in [-0.39, 0.29) is 11.3 Å². The second-order valence-electron chi connectivity index (χ2n) is 5.73. The molecule has 1 rings (SSSR count). The van der Waals surface area contributed by atoms with Gasteiger partial charge in [0, 0.05) is 5.41 Å². The zero-order valence-corrected chi connectivity index (χ0v) is 12.5. The Morgan fingerprint density at radius 1 is 1.32 bits per heavy atom. The highest BCUT2D eigenvalue weighted by molar-refractivity contribution is 7.08. The van der Waals surface area contributed by atoms with Crippen molar-refractivity contribution in [2.24, 2.45) is 5.92 Å². The van der Waals surface area contributed by atoms with E-state index in [0.717, 1.165) is 11.5 Å². The molecule has 0 saturated carbocycles. The fourth-order valence-electron chi connectivity index (χ4n) is 1.55. The van der Waals surface area contributed by atoms with E-state index in [2.05, 4.69) is 14.9 Å². The van der Waals surface area contributed by atoms with Crippen LogP contribution in [0.5, 0.6) is 0 Å². The number of nitrogens with one attached hydrogen (secondary N) is 1. The molecule has 1 atom stereocenters. The molecule has 7 heteroatoms. The lowest BCUT2D eigenvalue weighted by atomic mass is 9.91. The van der Waals surface area contributed by atoms with E-state index in [9.17, 15) is 9.59 Å². The van der Waals surface area contributed by atoms with E-state index in [4.69, 9.17) is 5.11 Å². The summed E-state index contributed by atoms with van der Waals surface area (Å²) in [5.41, 5.74) is 0.277. The van der Waals surface area contributed by atoms with E-state index in [1.807, 2.05) is 20.8 Å². The Morgan fingerprint density at radius 2 is 1.89 bits per heavy atom. The van der Waals surface area contributed by atoms with Crippen LogP contribution in [0.4, 0.5) is 0 Å². The number of carbonyl (C=O) groups excluding carboxylic acids is 1. The molecule has 1 aromatic rings. The van der Waals surface area contributed by atoms with Gasteiger partial charge in [0.2, 0.25) is 0 Å². The number of aliphatic carboxylic acids is 1. The highest BCUT2D eigenvalue weighted by Crippen LogP contribution is 2.25. The van der Waals surface area contributed by atoms with Gasteiger partial charge in [-0.15, -0.1) is 5.10 Å². The smallest absolute Gasteiger partial charge is 0.326 e. The minimum atomic E-state index is -1.04. The molecule has 1 unspecified atom stereocenters. The van der Waals surface area contributed by atoms with Gasteiger partial charge in [0.25, 0.3) is 5.91 Å². The third-order valence-electron chi connectivity index (χ3n) is 2.62. The maximum atomic E-state index is 12.1. The lowest BCUT2D eigenvalue weighted by Crippen LogP contribution is -2.44. The molecule has 0 aliphatic carbocycles. The number of hydrogen-bond acceptors (Lipinski definition) is 5. The van der Waals surface area contributed by atoms with Gasteiger partial charge in [-0.1, -0.05) is 39.1 Å². The minimum absolute atomic E-state index is 0.194. The first kappa shape index (κ1) is 15.6. The molecular formula is C12H19N3O3S. The van der Waals surface area contributed by atoms with Crippen LogP contribution in [0.25, 0.3) is 0 Å². The first-order chi connectivity index (χ1) is 8.64. The summed E-state index contributed by atoms with van der Waals surface area (Å²) in [6.45, 7) is 9.27. The highest BCUT2D eigenvalue weighted by atomic mass is 32.1. The molecule has 0 bridgehead atoms. The Morgan fingerprint density at radius 3 is 2.32 bits per heavy atom. The lowest BCUT2D eigenvalue weighted by molar-refractivity contribution is -0.140. The first-order valence-electron chi connectivity index (χ1n) is 6.01. The van der Waals surface area contributed by atoms with Gasteiger partial charge in [-0.2, -0.15) is 0 Å². The fraction of sp³-hybridized carbons (Fsp3) is 0.667. The quantitative estimate of drug-likeness (QED) is 0.878. The van der Waals surface area contributed by atoms with Gasteiger partial charge in [0.05, 0.1) is 5.69 Å². The van der Waals surface area contributed by atoms with Crippen molar-refractivity contribution in [2.75, 3.05) is 0 Å². The van der Waals surface area contributed by atoms with Crippen LogP contribution >= 0.6 is 11.5 Å². The Bertz CT molecular complexity index is 477. The maximum Gasteiger partial charge on any atom is 0.326 e. The van der Waals surface area contributed by atoms with E-state index >= 15 is 0 Å². The number of amides is 1. The number of carboxylic acid groups (broad SMARTS) is 1. The summed E-state index contributed by atoms with van der Waals surface area (Å²) in [5.74, 6) is -1.67. The maximum absolute atomic E-state index is 12.1. The Labute approximate surface area is 116 Å². The van der Waals surface area contributed by atoms with E-state index in [1.54, 1.807) is 13.8 Å². The fourth-order valence-corrected chi connectivity index (χ4v) is 2.33. The van der Waals surface area contributed by atoms with Crippen LogP contribution in [-0.4, -0.2) is 32.6 Å². The predicted molar refractivity (Wildman–Crippen MR) is 72.3 cm³/mol. The summed E-state index contributed by atoms with van der Waals surface area (Å²) < 4.78 is 3.79. The van der Waals surface area contributed by atoms with Gasteiger partial charge in [-0.3, -0.25) is 4.79 Å². The van der Waals surface area contributed by atoms with Crippen molar-refractivity contribution in [3.8, 4) is 0 Å². The molecule has 19 heavy (non-hydrogen) atoms. The number of nitrogens with zero attached hydrogens (tertiary/aromatic N) is 2. The standard InChI is InChI=1S/C12H19N3O3S/c1-6(2)7(11(17)18)13-10(16)8-9(12(3,4)5)14-15-19-8/h6-7H,1-5H3,(H,13,16)(H,17,18). The zero-order valence-electron chi connectivity index (χ0n) is 11.7. The summed E-state index contributed by atoms with van der Waals surface area (Å²) >= 11 is 0.984. The normalized spacial score (nSPS) is 13.4. The average Bonchev–Trinajstić information content (AvgIpc) is 2.72. The molecule has 2 N–H and O–H groups in total. The van der Waals surface area contributed by atoms with Crippen LogP contribution in [-0.2, 0) is 10.2 Å². The second-order valence-corrected chi connectivity index (χ2v) is 6.49. The van der Waals surface area contributed by atoms with Crippen LogP contribution in [0.3, 0.4) is 0 Å². The van der Waals surface area contributed by atoms with Gasteiger partial charge in [-0.25, -0.2) is 4.79 Å². The summed E-state index contributed by atoms with van der Waals surface area (Å²) in [5, 5.41) is 15.6. The van der Waals surface area contributed by atoms with Gasteiger partial charge in [-0.05, 0) is 17.5 Å². The van der Waals surface area contributed by atoms with Gasteiger partial charge in [0.15, 0.2) is 0 Å². The molecule has 1 amide bonds. The van der Waals surface area contributed by atoms with Gasteiger partial charge in [0.1, 0.15) is 10.9 Å². The number of rotatable bonds is 4. The predicted octanol–water partition coefficient (Wildman–Crippen LogP) is 1.67. The van der Waals surface area contributed by atoms with Crippen molar-refractivity contribution in [1.82, 2.24) is 14.9 Å². The molecule has 0 saturated heterocycles. The summed E-state index contributed by atoms with van der Waals surface area (Å²) in [7, 11) is 0. The highest BCUT2D eigenvalue weighted by Gasteiger charge is 2.30. The molecule has 0 radical (unpaired) electrons. The molecule has 6 nitrogen and oxygen atoms in total. The lowest BCUT2D eigenvalue weighted by Gasteiger charge is -2.19. The van der Waals surface area contributed by atoms with E-state index in [1.165, 1.54) is 0 Å². The van der Waals surface area contributed by atoms with Crippen LogP contribution in [0.15, 0.2) is 0 Å². The van der Waals surface area contributed by atoms with Crippen LogP contribution in [0, 0.1) is 5.92 Å². The van der Waals surface area contributed by atoms with Crippen LogP contribution in [0.2, 0.25) is 0 Å². The molecule has 0 aliphatic heterocycles. The molecular weight excluding hydrogens is 266 g/mol. The first-order valence-corrected chi connectivity index (χ1v) is 6.78. The third-order valence-corrected chi connectivity index (χ3v) is 3.35. The number of carbonyl (C=O) groups is 2. The molecule has 0 aromatic carbocycles. The molecule has 0 spiro atoms. The zero-order chi connectivity index (χ0) is 14.8. The largest absolute Gasteiger partial charge is 0.480 e. The summed E-state index contributed by atoms with van der Waals surface area (Å²) in [6, 6.07) is -0.914. The Kier molecular flexibility index (Phi) is 4.62. The van der Waals surface area contributed by atoms with E-state index < -0.39 is 17.9 Å². The van der Waals surface area contributed by atoms with Crippen molar-refractivity contribution < 1.29 is 14.7 Å². The monoisotopic (exact) mass is 285 g/mol. The van der Waals surface area contributed by atoms with Gasteiger partial charge < -0.3 is 10.4 Å². The molecule has 1 aromatic heterocycles. The topological polar surface area (TPSA) is 92.2 Å². The average molecular weight is 285 g/mol. The Balaban J connectivity index is 2.96. The van der Waals surface area contributed by atoms with Crippen molar-refractivity contribution >= 4 is 23.4 Å². The van der Waals surface area contributed by atoms with Crippen molar-refractivity contribution in [2.45, 2.75) is 46.1 Å². The number of hydrogen-bond donors (Lipinski definition) is 2. The Hall–Kier alpha value is -1.50. The van der Waals surface area contributed by atoms with Crippen molar-refractivity contribution in [3.63, 3.8) is 0 Å². The summed E-state index contributed by atoms with van der Waals surface area (Å²) in [6.07, 6.45) is 0. The third kappa shape index (κ3) is 3.73. The van der Waals surface area contributed by atoms with Crippen molar-refractivity contribution in [1.29, 1.82) is 0 Å². The minimum Gasteiger partial charge on any atom is -0.480 e. The molecule has 0 fully saturated rings. The second kappa shape index (κ2) is 5.64. The van der Waals surface area contributed by atoms with Crippen LogP contribution in [0.1, 0.15) is 50.0 Å². The number of carboxylic acids is 1. The molecule has 0 aliphatic rings.